The second-order valence-corrected chi connectivity index (χ2v) is 8.59. The SMILES string of the molecule is CN(CC1CCCN(C(=O)c2cc(=O)c3ccccc3o2)C1)C(=O)OC(C)(C)C. The van der Waals surface area contributed by atoms with Crippen LogP contribution in [0.1, 0.15) is 44.2 Å². The first-order chi connectivity index (χ1) is 13.6. The summed E-state index contributed by atoms with van der Waals surface area (Å²) < 4.78 is 11.1. The van der Waals surface area contributed by atoms with Crippen LogP contribution in [-0.2, 0) is 4.74 Å². The molecule has 0 bridgehead atoms. The van der Waals surface area contributed by atoms with E-state index in [4.69, 9.17) is 9.15 Å². The molecule has 2 heterocycles. The lowest BCUT2D eigenvalue weighted by atomic mass is 9.97. The van der Waals surface area contributed by atoms with Gasteiger partial charge in [0.2, 0.25) is 0 Å². The molecule has 1 saturated heterocycles. The normalized spacial score (nSPS) is 17.2. The van der Waals surface area contributed by atoms with E-state index in [1.165, 1.54) is 6.07 Å². The van der Waals surface area contributed by atoms with Gasteiger partial charge in [-0.2, -0.15) is 0 Å². The minimum Gasteiger partial charge on any atom is -0.451 e. The molecule has 156 valence electrons. The van der Waals surface area contributed by atoms with Crippen molar-refractivity contribution in [3.05, 3.63) is 46.3 Å². The van der Waals surface area contributed by atoms with Gasteiger partial charge in [-0.3, -0.25) is 9.59 Å². The molecule has 0 radical (unpaired) electrons. The summed E-state index contributed by atoms with van der Waals surface area (Å²) in [5.74, 6) is -0.107. The van der Waals surface area contributed by atoms with Crippen molar-refractivity contribution >= 4 is 23.0 Å². The summed E-state index contributed by atoms with van der Waals surface area (Å²) in [6.07, 6.45) is 1.37. The first-order valence-electron chi connectivity index (χ1n) is 9.90. The summed E-state index contributed by atoms with van der Waals surface area (Å²) in [6.45, 7) is 7.09. The summed E-state index contributed by atoms with van der Waals surface area (Å²) in [5.41, 5.74) is -0.372. The van der Waals surface area contributed by atoms with E-state index in [2.05, 4.69) is 0 Å². The molecule has 1 aromatic carbocycles. The van der Waals surface area contributed by atoms with Crippen molar-refractivity contribution in [2.45, 2.75) is 39.2 Å². The van der Waals surface area contributed by atoms with Crippen LogP contribution < -0.4 is 5.43 Å². The Morgan fingerprint density at radius 1 is 1.28 bits per heavy atom. The number of rotatable bonds is 3. The number of piperidine rings is 1. The predicted octanol–water partition coefficient (Wildman–Crippen LogP) is 3.51. The minimum atomic E-state index is -0.548. The molecule has 7 heteroatoms. The zero-order chi connectivity index (χ0) is 21.2. The molecule has 0 spiro atoms. The summed E-state index contributed by atoms with van der Waals surface area (Å²) in [6, 6.07) is 8.16. The van der Waals surface area contributed by atoms with Crippen molar-refractivity contribution in [2.75, 3.05) is 26.7 Å². The second-order valence-electron chi connectivity index (χ2n) is 8.59. The molecule has 1 aliphatic heterocycles. The van der Waals surface area contributed by atoms with Crippen LogP contribution in [0.4, 0.5) is 4.79 Å². The number of likely N-dealkylation sites (tertiary alicyclic amines) is 1. The fraction of sp³-hybridized carbons (Fsp3) is 0.500. The van der Waals surface area contributed by atoms with Crippen LogP contribution >= 0.6 is 0 Å². The topological polar surface area (TPSA) is 80.1 Å². The monoisotopic (exact) mass is 400 g/mol. The number of carbonyl (C=O) groups is 2. The minimum absolute atomic E-state index is 0.0508. The van der Waals surface area contributed by atoms with Crippen molar-refractivity contribution in [1.29, 1.82) is 0 Å². The third-order valence-electron chi connectivity index (χ3n) is 4.89. The van der Waals surface area contributed by atoms with Gasteiger partial charge >= 0.3 is 6.09 Å². The highest BCUT2D eigenvalue weighted by atomic mass is 16.6. The Hall–Kier alpha value is -2.83. The molecule has 1 unspecified atom stereocenters. The van der Waals surface area contributed by atoms with Gasteiger partial charge in [0, 0.05) is 32.7 Å². The summed E-state index contributed by atoms with van der Waals surface area (Å²) >= 11 is 0. The van der Waals surface area contributed by atoms with Crippen LogP contribution in [0.25, 0.3) is 11.0 Å². The number of nitrogens with zero attached hydrogens (tertiary/aromatic N) is 2. The van der Waals surface area contributed by atoms with Crippen molar-refractivity contribution in [2.24, 2.45) is 5.92 Å². The van der Waals surface area contributed by atoms with Gasteiger partial charge in [-0.05, 0) is 51.7 Å². The molecule has 2 amide bonds. The van der Waals surface area contributed by atoms with E-state index in [9.17, 15) is 14.4 Å². The van der Waals surface area contributed by atoms with E-state index in [-0.39, 0.29) is 29.1 Å². The van der Waals surface area contributed by atoms with Crippen LogP contribution in [0.5, 0.6) is 0 Å². The third kappa shape index (κ3) is 5.16. The maximum absolute atomic E-state index is 12.9. The number of hydrogen-bond acceptors (Lipinski definition) is 5. The zero-order valence-electron chi connectivity index (χ0n) is 17.4. The van der Waals surface area contributed by atoms with E-state index >= 15 is 0 Å². The lowest BCUT2D eigenvalue weighted by Gasteiger charge is -2.34. The Labute approximate surface area is 170 Å². The largest absolute Gasteiger partial charge is 0.451 e. The van der Waals surface area contributed by atoms with E-state index in [1.54, 1.807) is 41.1 Å². The third-order valence-corrected chi connectivity index (χ3v) is 4.89. The van der Waals surface area contributed by atoms with Crippen molar-refractivity contribution in [3.8, 4) is 0 Å². The van der Waals surface area contributed by atoms with E-state index < -0.39 is 5.60 Å². The fourth-order valence-electron chi connectivity index (χ4n) is 3.57. The van der Waals surface area contributed by atoms with Gasteiger partial charge in [-0.1, -0.05) is 12.1 Å². The van der Waals surface area contributed by atoms with Gasteiger partial charge in [-0.15, -0.1) is 0 Å². The Morgan fingerprint density at radius 2 is 2.00 bits per heavy atom. The first-order valence-corrected chi connectivity index (χ1v) is 9.90. The number of hydrogen-bond donors (Lipinski definition) is 0. The van der Waals surface area contributed by atoms with E-state index in [0.29, 0.717) is 30.6 Å². The number of para-hydroxylation sites is 1. The van der Waals surface area contributed by atoms with Crippen LogP contribution in [0.3, 0.4) is 0 Å². The summed E-state index contributed by atoms with van der Waals surface area (Å²) in [4.78, 5) is 40.7. The van der Waals surface area contributed by atoms with Crippen molar-refractivity contribution in [3.63, 3.8) is 0 Å². The lowest BCUT2D eigenvalue weighted by molar-refractivity contribution is 0.0242. The Morgan fingerprint density at radius 3 is 2.72 bits per heavy atom. The molecule has 1 aliphatic rings. The molecule has 0 aliphatic carbocycles. The maximum Gasteiger partial charge on any atom is 0.410 e. The average molecular weight is 400 g/mol. The van der Waals surface area contributed by atoms with Crippen molar-refractivity contribution in [1.82, 2.24) is 9.80 Å². The number of benzene rings is 1. The number of fused-ring (bicyclic) bond motifs is 1. The van der Waals surface area contributed by atoms with Crippen molar-refractivity contribution < 1.29 is 18.7 Å². The number of carbonyl (C=O) groups excluding carboxylic acids is 2. The summed E-state index contributed by atoms with van der Waals surface area (Å²) in [5, 5.41) is 0.458. The van der Waals surface area contributed by atoms with Gasteiger partial charge in [0.25, 0.3) is 5.91 Å². The first kappa shape index (κ1) is 20.9. The standard InChI is InChI=1S/C22H28N2O5/c1-22(2,3)29-21(27)23(4)13-15-8-7-11-24(14-15)20(26)19-12-17(25)16-9-5-6-10-18(16)28-19/h5-6,9-10,12,15H,7-8,11,13-14H2,1-4H3. The molecule has 1 fully saturated rings. The Kier molecular flexibility index (Phi) is 5.96. The fourth-order valence-corrected chi connectivity index (χ4v) is 3.57. The van der Waals surface area contributed by atoms with Crippen LogP contribution in [-0.4, -0.2) is 54.1 Å². The molecule has 0 N–H and O–H groups in total. The summed E-state index contributed by atoms with van der Waals surface area (Å²) in [7, 11) is 1.71. The van der Waals surface area contributed by atoms with Gasteiger partial charge in [0.05, 0.1) is 5.39 Å². The molecule has 7 nitrogen and oxygen atoms in total. The molecular formula is C22H28N2O5. The second kappa shape index (κ2) is 8.27. The number of amides is 2. The zero-order valence-corrected chi connectivity index (χ0v) is 17.4. The number of ether oxygens (including phenoxy) is 1. The molecule has 3 rings (SSSR count). The van der Waals surface area contributed by atoms with Gasteiger partial charge < -0.3 is 19.0 Å². The Bertz CT molecular complexity index is 960. The molecular weight excluding hydrogens is 372 g/mol. The molecule has 1 atom stereocenters. The quantitative estimate of drug-likeness (QED) is 0.788. The highest BCUT2D eigenvalue weighted by Crippen LogP contribution is 2.21. The molecule has 29 heavy (non-hydrogen) atoms. The maximum atomic E-state index is 12.9. The van der Waals surface area contributed by atoms with Gasteiger partial charge in [0.15, 0.2) is 11.2 Å². The van der Waals surface area contributed by atoms with E-state index in [0.717, 1.165) is 12.8 Å². The molecule has 1 aromatic heterocycles. The molecule has 2 aromatic rings. The predicted molar refractivity (Wildman–Crippen MR) is 110 cm³/mol. The average Bonchev–Trinajstić information content (AvgIpc) is 2.66. The van der Waals surface area contributed by atoms with Crippen LogP contribution in [0.2, 0.25) is 0 Å². The Balaban J connectivity index is 1.68. The van der Waals surface area contributed by atoms with Gasteiger partial charge in [0.1, 0.15) is 11.2 Å². The highest BCUT2D eigenvalue weighted by Gasteiger charge is 2.29. The lowest BCUT2D eigenvalue weighted by Crippen LogP contribution is -2.45. The highest BCUT2D eigenvalue weighted by molar-refractivity contribution is 5.93. The van der Waals surface area contributed by atoms with Crippen LogP contribution in [0, 0.1) is 5.92 Å². The van der Waals surface area contributed by atoms with Gasteiger partial charge in [-0.25, -0.2) is 4.79 Å². The van der Waals surface area contributed by atoms with Crippen LogP contribution in [0.15, 0.2) is 39.5 Å². The molecule has 0 saturated carbocycles. The smallest absolute Gasteiger partial charge is 0.410 e. The van der Waals surface area contributed by atoms with E-state index in [1.807, 2.05) is 20.8 Å².